The SMILES string of the molecule is CN=C(NCCCOC1CCN(Cc2ccccc2)CC1)NC1CC1c1ccccc1. The Bertz CT molecular complexity index is 803. The number of likely N-dealkylation sites (tertiary alicyclic amines) is 1. The van der Waals surface area contributed by atoms with Gasteiger partial charge in [0.15, 0.2) is 5.96 Å². The van der Waals surface area contributed by atoms with Gasteiger partial charge in [0.2, 0.25) is 0 Å². The third-order valence-corrected chi connectivity index (χ3v) is 6.31. The van der Waals surface area contributed by atoms with Crippen LogP contribution in [0.1, 0.15) is 42.7 Å². The van der Waals surface area contributed by atoms with Crippen LogP contribution in [0.3, 0.4) is 0 Å². The third kappa shape index (κ3) is 6.81. The van der Waals surface area contributed by atoms with E-state index in [1.165, 1.54) is 17.5 Å². The summed E-state index contributed by atoms with van der Waals surface area (Å²) in [6, 6.07) is 22.0. The van der Waals surface area contributed by atoms with Crippen molar-refractivity contribution in [2.75, 3.05) is 33.3 Å². The second kappa shape index (κ2) is 11.3. The molecule has 2 fully saturated rings. The van der Waals surface area contributed by atoms with Crippen molar-refractivity contribution in [2.45, 2.75) is 50.3 Å². The van der Waals surface area contributed by atoms with Crippen LogP contribution in [-0.4, -0.2) is 56.3 Å². The van der Waals surface area contributed by atoms with Gasteiger partial charge in [-0.15, -0.1) is 0 Å². The Kier molecular flexibility index (Phi) is 7.97. The van der Waals surface area contributed by atoms with E-state index in [-0.39, 0.29) is 0 Å². The molecular weight excluding hydrogens is 384 g/mol. The highest BCUT2D eigenvalue weighted by Crippen LogP contribution is 2.40. The highest BCUT2D eigenvalue weighted by molar-refractivity contribution is 5.80. The van der Waals surface area contributed by atoms with Crippen LogP contribution in [-0.2, 0) is 11.3 Å². The molecule has 2 aromatic rings. The third-order valence-electron chi connectivity index (χ3n) is 6.31. The molecule has 0 spiro atoms. The first-order valence-corrected chi connectivity index (χ1v) is 11.7. The van der Waals surface area contributed by atoms with Gasteiger partial charge in [-0.1, -0.05) is 60.7 Å². The molecule has 0 radical (unpaired) electrons. The second-order valence-corrected chi connectivity index (χ2v) is 8.69. The van der Waals surface area contributed by atoms with Crippen molar-refractivity contribution in [3.05, 3.63) is 71.8 Å². The average Bonchev–Trinajstić information content (AvgIpc) is 3.59. The molecule has 2 aliphatic rings. The molecule has 0 aromatic heterocycles. The van der Waals surface area contributed by atoms with Gasteiger partial charge in [-0.3, -0.25) is 9.89 Å². The fraction of sp³-hybridized carbons (Fsp3) is 0.500. The fourth-order valence-corrected chi connectivity index (χ4v) is 4.40. The van der Waals surface area contributed by atoms with Crippen LogP contribution in [0.2, 0.25) is 0 Å². The molecule has 31 heavy (non-hydrogen) atoms. The van der Waals surface area contributed by atoms with Gasteiger partial charge < -0.3 is 15.4 Å². The number of nitrogens with zero attached hydrogens (tertiary/aromatic N) is 2. The first-order chi connectivity index (χ1) is 15.3. The van der Waals surface area contributed by atoms with E-state index >= 15 is 0 Å². The molecule has 1 aliphatic heterocycles. The molecule has 1 aliphatic carbocycles. The van der Waals surface area contributed by atoms with Gasteiger partial charge in [-0.25, -0.2) is 0 Å². The lowest BCUT2D eigenvalue weighted by molar-refractivity contribution is 0.00534. The summed E-state index contributed by atoms with van der Waals surface area (Å²) in [7, 11) is 1.84. The number of piperidine rings is 1. The predicted molar refractivity (Wildman–Crippen MR) is 127 cm³/mol. The van der Waals surface area contributed by atoms with Gasteiger partial charge in [0, 0.05) is 51.8 Å². The number of rotatable bonds is 9. The minimum atomic E-state index is 0.405. The maximum atomic E-state index is 6.14. The first-order valence-electron chi connectivity index (χ1n) is 11.7. The normalized spacial score (nSPS) is 22.3. The lowest BCUT2D eigenvalue weighted by Crippen LogP contribution is -2.40. The van der Waals surface area contributed by atoms with Gasteiger partial charge in [-0.2, -0.15) is 0 Å². The first kappa shape index (κ1) is 21.8. The van der Waals surface area contributed by atoms with Crippen LogP contribution in [0.15, 0.2) is 65.7 Å². The molecule has 5 heteroatoms. The van der Waals surface area contributed by atoms with Crippen molar-refractivity contribution >= 4 is 5.96 Å². The Morgan fingerprint density at radius 2 is 1.74 bits per heavy atom. The van der Waals surface area contributed by atoms with E-state index in [9.17, 15) is 0 Å². The van der Waals surface area contributed by atoms with E-state index in [4.69, 9.17) is 4.74 Å². The lowest BCUT2D eigenvalue weighted by Gasteiger charge is -2.32. The Hall–Kier alpha value is -2.37. The number of guanidine groups is 1. The van der Waals surface area contributed by atoms with Gasteiger partial charge in [-0.05, 0) is 36.8 Å². The lowest BCUT2D eigenvalue weighted by atomic mass is 10.1. The summed E-state index contributed by atoms with van der Waals surface area (Å²) >= 11 is 0. The van der Waals surface area contributed by atoms with E-state index in [1.54, 1.807) is 0 Å². The monoisotopic (exact) mass is 420 g/mol. The molecule has 166 valence electrons. The number of ether oxygens (including phenoxy) is 1. The zero-order valence-corrected chi connectivity index (χ0v) is 18.7. The van der Waals surface area contributed by atoms with E-state index in [0.29, 0.717) is 18.1 Å². The largest absolute Gasteiger partial charge is 0.378 e. The Balaban J connectivity index is 1.06. The summed E-state index contributed by atoms with van der Waals surface area (Å²) in [4.78, 5) is 6.91. The number of benzene rings is 2. The molecule has 4 rings (SSSR count). The fourth-order valence-electron chi connectivity index (χ4n) is 4.40. The van der Waals surface area contributed by atoms with Crippen molar-refractivity contribution in [3.8, 4) is 0 Å². The molecule has 2 aromatic carbocycles. The second-order valence-electron chi connectivity index (χ2n) is 8.69. The molecule has 2 atom stereocenters. The van der Waals surface area contributed by atoms with Gasteiger partial charge in [0.05, 0.1) is 6.10 Å². The molecule has 1 saturated heterocycles. The summed E-state index contributed by atoms with van der Waals surface area (Å²) < 4.78 is 6.14. The number of hydrogen-bond acceptors (Lipinski definition) is 3. The van der Waals surface area contributed by atoms with Crippen LogP contribution in [0, 0.1) is 0 Å². The van der Waals surface area contributed by atoms with Crippen molar-refractivity contribution in [3.63, 3.8) is 0 Å². The minimum Gasteiger partial charge on any atom is -0.378 e. The van der Waals surface area contributed by atoms with Crippen LogP contribution in [0.25, 0.3) is 0 Å². The molecular formula is C26H36N4O. The summed E-state index contributed by atoms with van der Waals surface area (Å²) in [5, 5.41) is 6.98. The Labute approximate surface area is 186 Å². The van der Waals surface area contributed by atoms with Crippen molar-refractivity contribution in [1.29, 1.82) is 0 Å². The molecule has 1 saturated carbocycles. The topological polar surface area (TPSA) is 48.9 Å². The van der Waals surface area contributed by atoms with Gasteiger partial charge >= 0.3 is 0 Å². The molecule has 1 heterocycles. The number of nitrogens with one attached hydrogen (secondary N) is 2. The standard InChI is InChI=1S/C26H36N4O/c1-27-26(29-25-19-24(25)22-11-6-3-7-12-22)28-15-8-18-31-23-13-16-30(17-14-23)20-21-9-4-2-5-10-21/h2-7,9-12,23-25H,8,13-20H2,1H3,(H2,27,28,29). The minimum absolute atomic E-state index is 0.405. The maximum absolute atomic E-state index is 6.14. The zero-order chi connectivity index (χ0) is 21.3. The number of aliphatic imine (C=N–C) groups is 1. The summed E-state index contributed by atoms with van der Waals surface area (Å²) in [6.07, 6.45) is 4.84. The summed E-state index contributed by atoms with van der Waals surface area (Å²) in [6.45, 7) is 4.99. The summed E-state index contributed by atoms with van der Waals surface area (Å²) in [5.74, 6) is 1.51. The van der Waals surface area contributed by atoms with Crippen LogP contribution >= 0.6 is 0 Å². The number of hydrogen-bond donors (Lipinski definition) is 2. The molecule has 0 bridgehead atoms. The van der Waals surface area contributed by atoms with Crippen LogP contribution in [0.4, 0.5) is 0 Å². The quantitative estimate of drug-likeness (QED) is 0.368. The van der Waals surface area contributed by atoms with Gasteiger partial charge in [0.25, 0.3) is 0 Å². The van der Waals surface area contributed by atoms with Crippen molar-refractivity contribution in [1.82, 2.24) is 15.5 Å². The van der Waals surface area contributed by atoms with Crippen molar-refractivity contribution in [2.24, 2.45) is 4.99 Å². The van der Waals surface area contributed by atoms with Gasteiger partial charge in [0.1, 0.15) is 0 Å². The predicted octanol–water partition coefficient (Wildman–Crippen LogP) is 3.78. The van der Waals surface area contributed by atoms with E-state index in [0.717, 1.165) is 58.0 Å². The highest BCUT2D eigenvalue weighted by atomic mass is 16.5. The molecule has 2 unspecified atom stereocenters. The van der Waals surface area contributed by atoms with Crippen molar-refractivity contribution < 1.29 is 4.74 Å². The van der Waals surface area contributed by atoms with Crippen LogP contribution < -0.4 is 10.6 Å². The maximum Gasteiger partial charge on any atom is 0.191 e. The van der Waals surface area contributed by atoms with Crippen LogP contribution in [0.5, 0.6) is 0 Å². The van der Waals surface area contributed by atoms with E-state index in [1.807, 2.05) is 7.05 Å². The zero-order valence-electron chi connectivity index (χ0n) is 18.7. The summed E-state index contributed by atoms with van der Waals surface area (Å²) in [5.41, 5.74) is 2.81. The van der Waals surface area contributed by atoms with E-state index in [2.05, 4.69) is 81.2 Å². The smallest absolute Gasteiger partial charge is 0.191 e. The molecule has 2 N–H and O–H groups in total. The average molecular weight is 421 g/mol. The molecule has 5 nitrogen and oxygen atoms in total. The Morgan fingerprint density at radius 3 is 2.45 bits per heavy atom. The Morgan fingerprint density at radius 1 is 1.03 bits per heavy atom. The molecule has 0 amide bonds. The highest BCUT2D eigenvalue weighted by Gasteiger charge is 2.38. The van der Waals surface area contributed by atoms with E-state index < -0.39 is 0 Å².